The van der Waals surface area contributed by atoms with Gasteiger partial charge in [0.25, 0.3) is 5.91 Å². The number of rotatable bonds is 4. The van der Waals surface area contributed by atoms with E-state index in [9.17, 15) is 18.0 Å². The van der Waals surface area contributed by atoms with Crippen molar-refractivity contribution in [1.29, 1.82) is 0 Å². The summed E-state index contributed by atoms with van der Waals surface area (Å²) in [4.78, 5) is 18.4. The SMILES string of the molecule is O=C(NCc1csc(N2CCCC2)n1)c1cc(C(F)(F)F)[nH]n1. The Morgan fingerprint density at radius 3 is 2.78 bits per heavy atom. The van der Waals surface area contributed by atoms with Crippen LogP contribution in [0.5, 0.6) is 0 Å². The third-order valence-electron chi connectivity index (χ3n) is 3.46. The van der Waals surface area contributed by atoms with Gasteiger partial charge in [0.05, 0.1) is 12.2 Å². The van der Waals surface area contributed by atoms with Crippen LogP contribution in [-0.4, -0.2) is 34.2 Å². The summed E-state index contributed by atoms with van der Waals surface area (Å²) >= 11 is 1.49. The molecule has 1 saturated heterocycles. The van der Waals surface area contributed by atoms with Crippen molar-refractivity contribution < 1.29 is 18.0 Å². The molecule has 0 aromatic carbocycles. The number of H-pyrrole nitrogens is 1. The molecule has 6 nitrogen and oxygen atoms in total. The highest BCUT2D eigenvalue weighted by atomic mass is 32.1. The molecule has 0 unspecified atom stereocenters. The zero-order chi connectivity index (χ0) is 16.4. The predicted octanol–water partition coefficient (Wildman–Crippen LogP) is 2.42. The summed E-state index contributed by atoms with van der Waals surface area (Å²) in [5.41, 5.74) is -0.670. The number of carbonyl (C=O) groups excluding carboxylic acids is 1. The summed E-state index contributed by atoms with van der Waals surface area (Å²) in [7, 11) is 0. The number of thiazole rings is 1. The van der Waals surface area contributed by atoms with E-state index in [1.165, 1.54) is 11.3 Å². The van der Waals surface area contributed by atoms with Gasteiger partial charge >= 0.3 is 6.18 Å². The summed E-state index contributed by atoms with van der Waals surface area (Å²) in [6.07, 6.45) is -2.26. The van der Waals surface area contributed by atoms with Crippen LogP contribution in [0.2, 0.25) is 0 Å². The molecule has 1 aliphatic heterocycles. The van der Waals surface area contributed by atoms with Gasteiger partial charge in [0.2, 0.25) is 0 Å². The van der Waals surface area contributed by atoms with Crippen molar-refractivity contribution in [2.45, 2.75) is 25.6 Å². The highest BCUT2D eigenvalue weighted by Crippen LogP contribution is 2.27. The number of hydrogen-bond acceptors (Lipinski definition) is 5. The van der Waals surface area contributed by atoms with Gasteiger partial charge in [-0.05, 0) is 12.8 Å². The predicted molar refractivity (Wildman–Crippen MR) is 78.3 cm³/mol. The van der Waals surface area contributed by atoms with Crippen molar-refractivity contribution >= 4 is 22.4 Å². The van der Waals surface area contributed by atoms with Crippen LogP contribution >= 0.6 is 11.3 Å². The number of nitrogens with zero attached hydrogens (tertiary/aromatic N) is 3. The van der Waals surface area contributed by atoms with Gasteiger partial charge < -0.3 is 10.2 Å². The van der Waals surface area contributed by atoms with E-state index in [1.54, 1.807) is 0 Å². The first-order valence-electron chi connectivity index (χ1n) is 7.03. The molecule has 0 bridgehead atoms. The third kappa shape index (κ3) is 3.63. The van der Waals surface area contributed by atoms with E-state index < -0.39 is 17.8 Å². The van der Waals surface area contributed by atoms with Crippen LogP contribution in [0.4, 0.5) is 18.3 Å². The Morgan fingerprint density at radius 1 is 1.39 bits per heavy atom. The Labute approximate surface area is 133 Å². The molecule has 2 aromatic rings. The minimum absolute atomic E-state index is 0.150. The molecule has 0 atom stereocenters. The van der Waals surface area contributed by atoms with Crippen molar-refractivity contribution in [3.8, 4) is 0 Å². The number of aromatic amines is 1. The Kier molecular flexibility index (Phi) is 4.24. The lowest BCUT2D eigenvalue weighted by Gasteiger charge is -2.12. The summed E-state index contributed by atoms with van der Waals surface area (Å²) < 4.78 is 37.3. The number of aromatic nitrogens is 3. The van der Waals surface area contributed by atoms with Crippen LogP contribution in [0.3, 0.4) is 0 Å². The molecule has 23 heavy (non-hydrogen) atoms. The zero-order valence-corrected chi connectivity index (χ0v) is 12.8. The maximum Gasteiger partial charge on any atom is 0.432 e. The Bertz CT molecular complexity index is 690. The minimum Gasteiger partial charge on any atom is -0.348 e. The van der Waals surface area contributed by atoms with E-state index in [0.717, 1.165) is 31.1 Å². The van der Waals surface area contributed by atoms with Crippen LogP contribution in [0, 0.1) is 0 Å². The van der Waals surface area contributed by atoms with E-state index in [4.69, 9.17) is 0 Å². The van der Waals surface area contributed by atoms with Gasteiger partial charge in [-0.1, -0.05) is 0 Å². The quantitative estimate of drug-likeness (QED) is 0.892. The van der Waals surface area contributed by atoms with Crippen molar-refractivity contribution in [3.05, 3.63) is 28.5 Å². The second kappa shape index (κ2) is 6.19. The fourth-order valence-electron chi connectivity index (χ4n) is 2.28. The van der Waals surface area contributed by atoms with Crippen LogP contribution < -0.4 is 10.2 Å². The van der Waals surface area contributed by atoms with Crippen LogP contribution in [-0.2, 0) is 12.7 Å². The third-order valence-corrected chi connectivity index (χ3v) is 4.41. The lowest BCUT2D eigenvalue weighted by molar-refractivity contribution is -0.141. The second-order valence-corrected chi connectivity index (χ2v) is 6.00. The van der Waals surface area contributed by atoms with Crippen LogP contribution in [0.15, 0.2) is 11.4 Å². The standard InChI is InChI=1S/C13H14F3N5OS/c14-13(15,16)10-5-9(19-20-10)11(22)17-6-8-7-23-12(18-8)21-3-1-2-4-21/h5,7H,1-4,6H2,(H,17,22)(H,19,20). The number of carbonyl (C=O) groups is 1. The minimum atomic E-state index is -4.55. The fraction of sp³-hybridized carbons (Fsp3) is 0.462. The van der Waals surface area contributed by atoms with Gasteiger partial charge in [-0.15, -0.1) is 11.3 Å². The van der Waals surface area contributed by atoms with Gasteiger partial charge in [0, 0.05) is 24.5 Å². The lowest BCUT2D eigenvalue weighted by atomic mass is 10.3. The number of alkyl halides is 3. The first-order chi connectivity index (χ1) is 10.9. The molecule has 0 spiro atoms. The van der Waals surface area contributed by atoms with E-state index in [0.29, 0.717) is 11.8 Å². The molecule has 0 aliphatic carbocycles. The molecule has 1 fully saturated rings. The molecule has 0 saturated carbocycles. The molecule has 3 rings (SSSR count). The molecule has 2 N–H and O–H groups in total. The molecule has 10 heteroatoms. The molecule has 124 valence electrons. The van der Waals surface area contributed by atoms with Gasteiger partial charge in [0.1, 0.15) is 5.69 Å². The average molecular weight is 345 g/mol. The van der Waals surface area contributed by atoms with E-state index in [1.807, 2.05) is 10.5 Å². The highest BCUT2D eigenvalue weighted by Gasteiger charge is 2.33. The second-order valence-electron chi connectivity index (χ2n) is 5.16. The first-order valence-corrected chi connectivity index (χ1v) is 7.91. The van der Waals surface area contributed by atoms with Crippen molar-refractivity contribution in [2.75, 3.05) is 18.0 Å². The van der Waals surface area contributed by atoms with Gasteiger partial charge in [-0.25, -0.2) is 4.98 Å². The average Bonchev–Trinajstić information content (AvgIpc) is 3.22. The number of anilines is 1. The van der Waals surface area contributed by atoms with Crippen LogP contribution in [0.1, 0.15) is 34.7 Å². The molecular weight excluding hydrogens is 331 g/mol. The number of halogens is 3. The summed E-state index contributed by atoms with van der Waals surface area (Å²) in [5.74, 6) is -0.674. The Morgan fingerprint density at radius 2 is 2.13 bits per heavy atom. The maximum absolute atomic E-state index is 12.4. The topological polar surface area (TPSA) is 73.9 Å². The van der Waals surface area contributed by atoms with E-state index in [2.05, 4.69) is 20.3 Å². The monoisotopic (exact) mass is 345 g/mol. The molecular formula is C13H14F3N5OS. The Hall–Kier alpha value is -2.10. The van der Waals surface area contributed by atoms with Gasteiger partial charge in [-0.3, -0.25) is 9.89 Å². The van der Waals surface area contributed by atoms with Crippen molar-refractivity contribution in [2.24, 2.45) is 0 Å². The lowest BCUT2D eigenvalue weighted by Crippen LogP contribution is -2.23. The maximum atomic E-state index is 12.4. The smallest absolute Gasteiger partial charge is 0.348 e. The van der Waals surface area contributed by atoms with E-state index >= 15 is 0 Å². The van der Waals surface area contributed by atoms with Crippen molar-refractivity contribution in [1.82, 2.24) is 20.5 Å². The number of amides is 1. The largest absolute Gasteiger partial charge is 0.432 e. The molecule has 1 amide bonds. The molecule has 1 aliphatic rings. The molecule has 0 radical (unpaired) electrons. The zero-order valence-electron chi connectivity index (χ0n) is 12.0. The summed E-state index contributed by atoms with van der Waals surface area (Å²) in [6.45, 7) is 2.11. The summed E-state index contributed by atoms with van der Waals surface area (Å²) in [6, 6.07) is 0.687. The molecule has 2 aromatic heterocycles. The molecule has 3 heterocycles. The summed E-state index contributed by atoms with van der Waals surface area (Å²) in [5, 5.41) is 10.5. The fourth-order valence-corrected chi connectivity index (χ4v) is 3.15. The highest BCUT2D eigenvalue weighted by molar-refractivity contribution is 7.13. The number of nitrogens with one attached hydrogen (secondary N) is 2. The van der Waals surface area contributed by atoms with Crippen LogP contribution in [0.25, 0.3) is 0 Å². The number of hydrogen-bond donors (Lipinski definition) is 2. The van der Waals surface area contributed by atoms with Crippen molar-refractivity contribution in [3.63, 3.8) is 0 Å². The van der Waals surface area contributed by atoms with Gasteiger partial charge in [-0.2, -0.15) is 18.3 Å². The normalized spacial score (nSPS) is 15.2. The first kappa shape index (κ1) is 15.8. The van der Waals surface area contributed by atoms with E-state index in [-0.39, 0.29) is 12.2 Å². The Balaban J connectivity index is 1.57. The van der Waals surface area contributed by atoms with Gasteiger partial charge in [0.15, 0.2) is 10.8 Å².